The van der Waals surface area contributed by atoms with Crippen LogP contribution in [0.25, 0.3) is 0 Å². The number of anilines is 1. The Hall–Kier alpha value is -1.07. The van der Waals surface area contributed by atoms with E-state index in [4.69, 9.17) is 17.3 Å². The largest absolute Gasteiger partial charge is 0.368 e. The Kier molecular flexibility index (Phi) is 3.97. The van der Waals surface area contributed by atoms with Crippen molar-refractivity contribution in [1.29, 1.82) is 0 Å². The molecule has 0 aromatic carbocycles. The lowest BCUT2D eigenvalue weighted by molar-refractivity contribution is 0.271. The van der Waals surface area contributed by atoms with Gasteiger partial charge in [-0.3, -0.25) is 4.79 Å². The molecule has 1 saturated carbocycles. The Balaban J connectivity index is 1.85. The minimum atomic E-state index is -0.198. The van der Waals surface area contributed by atoms with Crippen molar-refractivity contribution >= 4 is 17.3 Å². The molecule has 0 bridgehead atoms. The third kappa shape index (κ3) is 2.69. The second-order valence-electron chi connectivity index (χ2n) is 6.69. The average Bonchev–Trinajstić information content (AvgIpc) is 2.83. The summed E-state index contributed by atoms with van der Waals surface area (Å²) < 4.78 is 1.44. The fraction of sp³-hybridized carbons (Fsp3) is 0.733. The van der Waals surface area contributed by atoms with Gasteiger partial charge in [-0.15, -0.1) is 0 Å². The maximum atomic E-state index is 12.3. The third-order valence-corrected chi connectivity index (χ3v) is 5.20. The van der Waals surface area contributed by atoms with Crippen LogP contribution in [-0.2, 0) is 0 Å². The molecule has 1 aliphatic carbocycles. The molecule has 0 radical (unpaired) electrons. The molecule has 21 heavy (non-hydrogen) atoms. The SMILES string of the molecule is CC(C)n1ncc(N2C[C@H]3CCC(N)C[C@H]3C2)c(Cl)c1=O. The predicted molar refractivity (Wildman–Crippen MR) is 84.9 cm³/mol. The molecular weight excluding hydrogens is 288 g/mol. The zero-order valence-corrected chi connectivity index (χ0v) is 13.4. The summed E-state index contributed by atoms with van der Waals surface area (Å²) in [4.78, 5) is 14.5. The number of aromatic nitrogens is 2. The minimum Gasteiger partial charge on any atom is -0.368 e. The van der Waals surface area contributed by atoms with Gasteiger partial charge in [0.15, 0.2) is 0 Å². The number of hydrogen-bond donors (Lipinski definition) is 1. The van der Waals surface area contributed by atoms with Crippen LogP contribution in [0.3, 0.4) is 0 Å². The van der Waals surface area contributed by atoms with E-state index in [1.54, 1.807) is 6.20 Å². The van der Waals surface area contributed by atoms with Gasteiger partial charge < -0.3 is 10.6 Å². The summed E-state index contributed by atoms with van der Waals surface area (Å²) in [5.41, 5.74) is 6.65. The van der Waals surface area contributed by atoms with Crippen molar-refractivity contribution in [3.8, 4) is 0 Å². The minimum absolute atomic E-state index is 0.0169. The van der Waals surface area contributed by atoms with Crippen molar-refractivity contribution in [2.75, 3.05) is 18.0 Å². The number of fused-ring (bicyclic) bond motifs is 1. The first-order chi connectivity index (χ1) is 9.97. The quantitative estimate of drug-likeness (QED) is 0.908. The lowest BCUT2D eigenvalue weighted by Gasteiger charge is -2.27. The van der Waals surface area contributed by atoms with Crippen LogP contribution in [0.2, 0.25) is 5.02 Å². The Labute approximate surface area is 130 Å². The summed E-state index contributed by atoms with van der Waals surface area (Å²) in [6.07, 6.45) is 5.10. The van der Waals surface area contributed by atoms with Gasteiger partial charge in [0.25, 0.3) is 5.56 Å². The molecular formula is C15H23ClN4O. The van der Waals surface area contributed by atoms with Gasteiger partial charge in [-0.25, -0.2) is 4.68 Å². The highest BCUT2D eigenvalue weighted by Crippen LogP contribution is 2.38. The van der Waals surface area contributed by atoms with E-state index in [2.05, 4.69) is 10.00 Å². The second kappa shape index (κ2) is 5.61. The van der Waals surface area contributed by atoms with E-state index < -0.39 is 0 Å². The van der Waals surface area contributed by atoms with Gasteiger partial charge in [-0.05, 0) is 44.9 Å². The van der Waals surface area contributed by atoms with Crippen LogP contribution in [0.15, 0.2) is 11.0 Å². The van der Waals surface area contributed by atoms with Gasteiger partial charge in [0, 0.05) is 19.1 Å². The number of nitrogens with two attached hydrogens (primary N) is 1. The molecule has 1 aliphatic heterocycles. The van der Waals surface area contributed by atoms with E-state index in [1.165, 1.54) is 11.1 Å². The predicted octanol–water partition coefficient (Wildman–Crippen LogP) is 2.04. The van der Waals surface area contributed by atoms with Crippen molar-refractivity contribution in [1.82, 2.24) is 9.78 Å². The maximum absolute atomic E-state index is 12.3. The fourth-order valence-corrected chi connectivity index (χ4v) is 3.94. The molecule has 2 fully saturated rings. The van der Waals surface area contributed by atoms with E-state index in [-0.39, 0.29) is 11.6 Å². The van der Waals surface area contributed by atoms with Crippen molar-refractivity contribution in [3.05, 3.63) is 21.6 Å². The third-order valence-electron chi connectivity index (χ3n) is 4.85. The van der Waals surface area contributed by atoms with Crippen molar-refractivity contribution in [2.45, 2.75) is 45.2 Å². The number of nitrogens with zero attached hydrogens (tertiary/aromatic N) is 3. The standard InChI is InChI=1S/C15H23ClN4O/c1-9(2)20-15(21)14(16)13(6-18-20)19-7-10-3-4-12(17)5-11(10)8-19/h6,9-12H,3-5,7-8,17H2,1-2H3/t10-,11+,12?/m1/s1. The molecule has 2 aliphatic rings. The molecule has 1 saturated heterocycles. The van der Waals surface area contributed by atoms with Crippen LogP contribution in [0, 0.1) is 11.8 Å². The molecule has 6 heteroatoms. The van der Waals surface area contributed by atoms with E-state index >= 15 is 0 Å². The first kappa shape index (κ1) is 14.9. The van der Waals surface area contributed by atoms with Crippen LogP contribution < -0.4 is 16.2 Å². The van der Waals surface area contributed by atoms with Crippen LogP contribution in [-0.4, -0.2) is 28.9 Å². The second-order valence-corrected chi connectivity index (χ2v) is 7.06. The lowest BCUT2D eigenvalue weighted by atomic mass is 9.79. The van der Waals surface area contributed by atoms with Gasteiger partial charge >= 0.3 is 0 Å². The molecule has 116 valence electrons. The molecule has 3 rings (SSSR count). The Morgan fingerprint density at radius 3 is 2.76 bits per heavy atom. The lowest BCUT2D eigenvalue weighted by Crippen LogP contribution is -2.32. The average molecular weight is 311 g/mol. The van der Waals surface area contributed by atoms with Crippen molar-refractivity contribution in [2.24, 2.45) is 17.6 Å². The number of halogens is 1. The van der Waals surface area contributed by atoms with Crippen LogP contribution >= 0.6 is 11.6 Å². The molecule has 5 nitrogen and oxygen atoms in total. The maximum Gasteiger partial charge on any atom is 0.287 e. The zero-order valence-electron chi connectivity index (χ0n) is 12.6. The Bertz CT molecular complexity index is 586. The molecule has 1 aromatic heterocycles. The van der Waals surface area contributed by atoms with Crippen LogP contribution in [0.5, 0.6) is 0 Å². The summed E-state index contributed by atoms with van der Waals surface area (Å²) in [6.45, 7) is 5.75. The van der Waals surface area contributed by atoms with Crippen molar-refractivity contribution in [3.63, 3.8) is 0 Å². The molecule has 0 spiro atoms. The first-order valence-corrected chi connectivity index (χ1v) is 8.13. The van der Waals surface area contributed by atoms with Gasteiger partial charge in [0.2, 0.25) is 0 Å². The van der Waals surface area contributed by atoms with Gasteiger partial charge in [-0.2, -0.15) is 5.10 Å². The van der Waals surface area contributed by atoms with Gasteiger partial charge in [0.05, 0.1) is 17.9 Å². The highest BCUT2D eigenvalue weighted by atomic mass is 35.5. The summed E-state index contributed by atoms with van der Waals surface area (Å²) in [6, 6.07) is 0.344. The Morgan fingerprint density at radius 2 is 2.05 bits per heavy atom. The van der Waals surface area contributed by atoms with E-state index in [0.717, 1.165) is 31.6 Å². The molecule has 1 unspecified atom stereocenters. The van der Waals surface area contributed by atoms with Gasteiger partial charge in [0.1, 0.15) is 5.02 Å². The number of hydrogen-bond acceptors (Lipinski definition) is 4. The highest BCUT2D eigenvalue weighted by molar-refractivity contribution is 6.33. The molecule has 2 N–H and O–H groups in total. The highest BCUT2D eigenvalue weighted by Gasteiger charge is 2.37. The van der Waals surface area contributed by atoms with Gasteiger partial charge in [-0.1, -0.05) is 11.6 Å². The normalized spacial score (nSPS) is 29.0. The smallest absolute Gasteiger partial charge is 0.287 e. The topological polar surface area (TPSA) is 64.2 Å². The summed E-state index contributed by atoms with van der Waals surface area (Å²) in [7, 11) is 0. The van der Waals surface area contributed by atoms with Crippen LogP contribution in [0.4, 0.5) is 5.69 Å². The molecule has 0 amide bonds. The molecule has 2 heterocycles. The number of rotatable bonds is 2. The molecule has 3 atom stereocenters. The molecule has 1 aromatic rings. The first-order valence-electron chi connectivity index (χ1n) is 7.75. The van der Waals surface area contributed by atoms with E-state index in [9.17, 15) is 4.79 Å². The zero-order chi connectivity index (χ0) is 15.1. The van der Waals surface area contributed by atoms with E-state index in [1.807, 2.05) is 13.8 Å². The van der Waals surface area contributed by atoms with E-state index in [0.29, 0.717) is 22.9 Å². The van der Waals surface area contributed by atoms with Crippen molar-refractivity contribution < 1.29 is 0 Å². The van der Waals surface area contributed by atoms with Crippen LogP contribution in [0.1, 0.15) is 39.2 Å². The fourth-order valence-electron chi connectivity index (χ4n) is 3.69. The summed E-state index contributed by atoms with van der Waals surface area (Å²) >= 11 is 6.31. The summed E-state index contributed by atoms with van der Waals surface area (Å²) in [5, 5.41) is 4.56. The Morgan fingerprint density at radius 1 is 1.33 bits per heavy atom. The summed E-state index contributed by atoms with van der Waals surface area (Å²) in [5.74, 6) is 1.30. The monoisotopic (exact) mass is 310 g/mol.